The molecule has 0 saturated carbocycles. The van der Waals surface area contributed by atoms with E-state index in [-0.39, 0.29) is 0 Å². The van der Waals surface area contributed by atoms with Crippen LogP contribution in [-0.2, 0) is 9.53 Å². The molecule has 0 aliphatic carbocycles. The zero-order chi connectivity index (χ0) is 16.4. The predicted molar refractivity (Wildman–Crippen MR) is 84.3 cm³/mol. The molecule has 23 heavy (non-hydrogen) atoms. The van der Waals surface area contributed by atoms with Gasteiger partial charge >= 0.3 is 6.09 Å². The average molecular weight is 311 g/mol. The summed E-state index contributed by atoms with van der Waals surface area (Å²) in [7, 11) is 0. The minimum atomic E-state index is -0.799. The molecule has 1 aromatic carbocycles. The maximum absolute atomic E-state index is 12.5. The van der Waals surface area contributed by atoms with E-state index in [0.29, 0.717) is 5.76 Å². The van der Waals surface area contributed by atoms with Gasteiger partial charge < -0.3 is 9.15 Å². The Bertz CT molecular complexity index is 732. The number of benzene rings is 1. The Hall–Kier alpha value is -2.82. The molecule has 2 aromatic rings. The molecule has 3 rings (SSSR count). The van der Waals surface area contributed by atoms with Crippen molar-refractivity contribution in [3.8, 4) is 0 Å². The first-order valence-electron chi connectivity index (χ1n) is 7.32. The lowest BCUT2D eigenvalue weighted by Gasteiger charge is -2.27. The van der Waals surface area contributed by atoms with Crippen LogP contribution in [-0.4, -0.2) is 22.5 Å². The molecule has 1 fully saturated rings. The smallest absolute Gasteiger partial charge is 0.418 e. The van der Waals surface area contributed by atoms with Crippen LogP contribution in [0, 0.1) is 0 Å². The second-order valence-electron chi connectivity index (χ2n) is 5.84. The summed E-state index contributed by atoms with van der Waals surface area (Å²) in [6.45, 7) is 3.60. The lowest BCUT2D eigenvalue weighted by molar-refractivity contribution is -0.124. The number of carbonyl (C=O) groups is 2. The minimum Gasteiger partial charge on any atom is -0.465 e. The van der Waals surface area contributed by atoms with Crippen LogP contribution in [0.4, 0.5) is 4.79 Å². The Morgan fingerprint density at radius 3 is 2.57 bits per heavy atom. The number of hydrogen-bond acceptors (Lipinski definition) is 4. The second kappa shape index (κ2) is 5.76. The SMILES string of the molecule is CC1(C)OC(=O)N(C(=O)/C=C/c2ccco2)[C@@H]1c1ccccc1. The quantitative estimate of drug-likeness (QED) is 0.809. The summed E-state index contributed by atoms with van der Waals surface area (Å²) >= 11 is 0. The highest BCUT2D eigenvalue weighted by molar-refractivity contribution is 6.02. The second-order valence-corrected chi connectivity index (χ2v) is 5.84. The molecule has 1 atom stereocenters. The van der Waals surface area contributed by atoms with Gasteiger partial charge in [0.05, 0.1) is 6.26 Å². The van der Waals surface area contributed by atoms with E-state index in [4.69, 9.17) is 9.15 Å². The van der Waals surface area contributed by atoms with Crippen molar-refractivity contribution in [2.24, 2.45) is 0 Å². The lowest BCUT2D eigenvalue weighted by atomic mass is 9.91. The molecule has 1 aliphatic heterocycles. The first-order valence-corrected chi connectivity index (χ1v) is 7.32. The zero-order valence-electron chi connectivity index (χ0n) is 12.9. The summed E-state index contributed by atoms with van der Waals surface area (Å²) in [4.78, 5) is 25.9. The molecule has 118 valence electrons. The van der Waals surface area contributed by atoms with Crippen molar-refractivity contribution >= 4 is 18.1 Å². The molecule has 5 heteroatoms. The van der Waals surface area contributed by atoms with Crippen molar-refractivity contribution in [3.05, 3.63) is 66.1 Å². The first-order chi connectivity index (χ1) is 11.0. The first kappa shape index (κ1) is 15.1. The van der Waals surface area contributed by atoms with Gasteiger partial charge in [-0.25, -0.2) is 9.69 Å². The molecule has 5 nitrogen and oxygen atoms in total. The van der Waals surface area contributed by atoms with Crippen molar-refractivity contribution in [2.75, 3.05) is 0 Å². The summed E-state index contributed by atoms with van der Waals surface area (Å²) < 4.78 is 10.5. The number of ether oxygens (including phenoxy) is 1. The standard InChI is InChI=1S/C18H17NO4/c1-18(2)16(13-7-4-3-5-8-13)19(17(21)23-18)15(20)11-10-14-9-6-12-22-14/h3-12,16H,1-2H3/b11-10+/t16-/m1/s1. The van der Waals surface area contributed by atoms with E-state index in [1.54, 1.807) is 26.0 Å². The fourth-order valence-electron chi connectivity index (χ4n) is 2.77. The van der Waals surface area contributed by atoms with Crippen LogP contribution in [0.25, 0.3) is 6.08 Å². The van der Waals surface area contributed by atoms with E-state index in [2.05, 4.69) is 0 Å². The number of imide groups is 1. The average Bonchev–Trinajstić information content (AvgIpc) is 3.11. The molecule has 1 aromatic heterocycles. The van der Waals surface area contributed by atoms with Crippen molar-refractivity contribution in [1.82, 2.24) is 4.90 Å². The van der Waals surface area contributed by atoms with Gasteiger partial charge in [-0.2, -0.15) is 0 Å². The summed E-state index contributed by atoms with van der Waals surface area (Å²) in [5.74, 6) is 0.104. The Labute approximate surface area is 134 Å². The maximum Gasteiger partial charge on any atom is 0.418 e. The van der Waals surface area contributed by atoms with Gasteiger partial charge in [0.15, 0.2) is 0 Å². The topological polar surface area (TPSA) is 59.8 Å². The van der Waals surface area contributed by atoms with Crippen LogP contribution in [0.3, 0.4) is 0 Å². The van der Waals surface area contributed by atoms with Crippen molar-refractivity contribution in [3.63, 3.8) is 0 Å². The van der Waals surface area contributed by atoms with Gasteiger partial charge in [-0.15, -0.1) is 0 Å². The highest BCUT2D eigenvalue weighted by atomic mass is 16.6. The van der Waals surface area contributed by atoms with Crippen molar-refractivity contribution in [2.45, 2.75) is 25.5 Å². The molecule has 0 bridgehead atoms. The molecule has 0 unspecified atom stereocenters. The van der Waals surface area contributed by atoms with Crippen LogP contribution in [0.5, 0.6) is 0 Å². The summed E-state index contributed by atoms with van der Waals surface area (Å²) in [6, 6.07) is 12.4. The molecule has 0 radical (unpaired) electrons. The number of carbonyl (C=O) groups excluding carboxylic acids is 2. The van der Waals surface area contributed by atoms with Crippen LogP contribution in [0.15, 0.2) is 59.2 Å². The van der Waals surface area contributed by atoms with Crippen molar-refractivity contribution < 1.29 is 18.7 Å². The van der Waals surface area contributed by atoms with Crippen LogP contribution >= 0.6 is 0 Å². The molecule has 1 saturated heterocycles. The minimum absolute atomic E-state index is 0.439. The van der Waals surface area contributed by atoms with Gasteiger partial charge in [-0.3, -0.25) is 4.79 Å². The molecule has 0 N–H and O–H groups in total. The lowest BCUT2D eigenvalue weighted by Crippen LogP contribution is -2.37. The molecule has 2 amide bonds. The molecular weight excluding hydrogens is 294 g/mol. The Morgan fingerprint density at radius 1 is 1.17 bits per heavy atom. The summed E-state index contributed by atoms with van der Waals surface area (Å²) in [5, 5.41) is 0. The van der Waals surface area contributed by atoms with E-state index < -0.39 is 23.6 Å². The predicted octanol–water partition coefficient (Wildman–Crippen LogP) is 3.79. The van der Waals surface area contributed by atoms with E-state index in [1.165, 1.54) is 18.4 Å². The van der Waals surface area contributed by atoms with E-state index in [0.717, 1.165) is 10.5 Å². The maximum atomic E-state index is 12.5. The molecule has 0 spiro atoms. The fraction of sp³-hybridized carbons (Fsp3) is 0.222. The van der Waals surface area contributed by atoms with Crippen LogP contribution < -0.4 is 0 Å². The normalized spacial score (nSPS) is 20.0. The Morgan fingerprint density at radius 2 is 1.91 bits per heavy atom. The number of amides is 2. The zero-order valence-corrected chi connectivity index (χ0v) is 12.9. The summed E-state index contributed by atoms with van der Waals surface area (Å²) in [6.07, 6.45) is 3.72. The van der Waals surface area contributed by atoms with Gasteiger partial charge in [0.2, 0.25) is 0 Å². The van der Waals surface area contributed by atoms with Gasteiger partial charge in [0.25, 0.3) is 5.91 Å². The largest absolute Gasteiger partial charge is 0.465 e. The van der Waals surface area contributed by atoms with E-state index in [1.807, 2.05) is 30.3 Å². The van der Waals surface area contributed by atoms with Gasteiger partial charge in [-0.05, 0) is 37.6 Å². The summed E-state index contributed by atoms with van der Waals surface area (Å²) in [5.41, 5.74) is 0.0511. The van der Waals surface area contributed by atoms with Crippen LogP contribution in [0.1, 0.15) is 31.2 Å². The Balaban J connectivity index is 1.92. The molecule has 1 aliphatic rings. The van der Waals surface area contributed by atoms with Gasteiger partial charge in [0.1, 0.15) is 17.4 Å². The third-order valence-corrected chi connectivity index (χ3v) is 3.75. The van der Waals surface area contributed by atoms with Crippen LogP contribution in [0.2, 0.25) is 0 Å². The monoisotopic (exact) mass is 311 g/mol. The number of hydrogen-bond donors (Lipinski definition) is 0. The number of nitrogens with zero attached hydrogens (tertiary/aromatic N) is 1. The molecule has 2 heterocycles. The van der Waals surface area contributed by atoms with Crippen molar-refractivity contribution in [1.29, 1.82) is 0 Å². The molecular formula is C18H17NO4. The highest BCUT2D eigenvalue weighted by Crippen LogP contribution is 2.41. The highest BCUT2D eigenvalue weighted by Gasteiger charge is 2.50. The third-order valence-electron chi connectivity index (χ3n) is 3.75. The number of cyclic esters (lactones) is 1. The fourth-order valence-corrected chi connectivity index (χ4v) is 2.77. The van der Waals surface area contributed by atoms with Gasteiger partial charge in [0, 0.05) is 6.08 Å². The van der Waals surface area contributed by atoms with E-state index in [9.17, 15) is 9.59 Å². The van der Waals surface area contributed by atoms with Gasteiger partial charge in [-0.1, -0.05) is 30.3 Å². The third kappa shape index (κ3) is 2.90. The Kier molecular flexibility index (Phi) is 3.78. The van der Waals surface area contributed by atoms with E-state index >= 15 is 0 Å². The number of rotatable bonds is 3. The number of furan rings is 1.